The number of hydrogen-bond donors (Lipinski definition) is 1. The first kappa shape index (κ1) is 13.3. The van der Waals surface area contributed by atoms with Crippen molar-refractivity contribution in [2.75, 3.05) is 11.4 Å². The summed E-state index contributed by atoms with van der Waals surface area (Å²) in [5.41, 5.74) is 1.70. The molecule has 0 saturated heterocycles. The number of aromatic nitrogens is 1. The third kappa shape index (κ3) is 2.38. The van der Waals surface area contributed by atoms with Gasteiger partial charge in [0.25, 0.3) is 5.91 Å². The number of carbonyl (C=O) groups is 2. The van der Waals surface area contributed by atoms with Crippen molar-refractivity contribution in [1.29, 1.82) is 0 Å². The molecule has 1 aliphatic heterocycles. The van der Waals surface area contributed by atoms with Crippen LogP contribution in [0.2, 0.25) is 0 Å². The van der Waals surface area contributed by atoms with Gasteiger partial charge in [0.2, 0.25) is 0 Å². The molecule has 1 unspecified atom stereocenters. The van der Waals surface area contributed by atoms with E-state index in [4.69, 9.17) is 0 Å². The van der Waals surface area contributed by atoms with Crippen molar-refractivity contribution < 1.29 is 14.7 Å². The summed E-state index contributed by atoms with van der Waals surface area (Å²) in [5, 5.41) is 9.31. The molecule has 5 nitrogen and oxygen atoms in total. The summed E-state index contributed by atoms with van der Waals surface area (Å²) in [6.45, 7) is 0.378. The number of hydrogen-bond acceptors (Lipinski definition) is 3. The van der Waals surface area contributed by atoms with E-state index in [0.29, 0.717) is 29.9 Å². The highest BCUT2D eigenvalue weighted by Crippen LogP contribution is 2.35. The number of pyridine rings is 1. The van der Waals surface area contributed by atoms with Gasteiger partial charge in [-0.1, -0.05) is 24.3 Å². The first-order valence-electron chi connectivity index (χ1n) is 6.73. The van der Waals surface area contributed by atoms with Crippen molar-refractivity contribution in [3.8, 4) is 0 Å². The Morgan fingerprint density at radius 2 is 1.90 bits per heavy atom. The highest BCUT2D eigenvalue weighted by Gasteiger charge is 2.32. The molecule has 0 bridgehead atoms. The number of amides is 1. The van der Waals surface area contributed by atoms with Crippen LogP contribution in [0.5, 0.6) is 0 Å². The topological polar surface area (TPSA) is 70.5 Å². The molecule has 5 heteroatoms. The lowest BCUT2D eigenvalue weighted by molar-refractivity contribution is -0.139. The van der Waals surface area contributed by atoms with Gasteiger partial charge in [0.15, 0.2) is 0 Å². The number of benzene rings is 1. The van der Waals surface area contributed by atoms with Crippen LogP contribution in [0.1, 0.15) is 28.4 Å². The fourth-order valence-electron chi connectivity index (χ4n) is 2.66. The molecule has 3 rings (SSSR count). The molecular formula is C16H14N2O3. The summed E-state index contributed by atoms with van der Waals surface area (Å²) >= 11 is 0. The van der Waals surface area contributed by atoms with E-state index in [1.165, 1.54) is 0 Å². The molecule has 0 radical (unpaired) electrons. The maximum atomic E-state index is 12.6. The minimum absolute atomic E-state index is 0.202. The molecule has 1 aromatic heterocycles. The zero-order valence-corrected chi connectivity index (χ0v) is 11.3. The molecule has 0 spiro atoms. The lowest BCUT2D eigenvalue weighted by Gasteiger charge is -2.32. The van der Waals surface area contributed by atoms with Crippen molar-refractivity contribution >= 4 is 17.6 Å². The first-order chi connectivity index (χ1) is 10.2. The van der Waals surface area contributed by atoms with Crippen LogP contribution in [0.4, 0.5) is 5.69 Å². The van der Waals surface area contributed by atoms with E-state index in [-0.39, 0.29) is 5.91 Å². The molecule has 1 atom stereocenters. The van der Waals surface area contributed by atoms with Crippen molar-refractivity contribution in [1.82, 2.24) is 4.98 Å². The maximum Gasteiger partial charge on any atom is 0.311 e. The van der Waals surface area contributed by atoms with Crippen LogP contribution in [0.3, 0.4) is 0 Å². The predicted molar refractivity (Wildman–Crippen MR) is 77.3 cm³/mol. The molecule has 0 fully saturated rings. The van der Waals surface area contributed by atoms with Crippen molar-refractivity contribution in [3.63, 3.8) is 0 Å². The smallest absolute Gasteiger partial charge is 0.311 e. The lowest BCUT2D eigenvalue weighted by atomic mass is 9.90. The molecule has 106 valence electrons. The number of carboxylic acid groups (broad SMARTS) is 1. The molecule has 2 aromatic rings. The van der Waals surface area contributed by atoms with Gasteiger partial charge < -0.3 is 10.0 Å². The number of carboxylic acids is 1. The lowest BCUT2D eigenvalue weighted by Crippen LogP contribution is -2.38. The highest BCUT2D eigenvalue weighted by molar-refractivity contribution is 6.06. The standard InChI is InChI=1S/C16H14N2O3/c19-15(13-6-3-4-9-17-13)18-10-8-12(16(20)21)11-5-1-2-7-14(11)18/h1-7,9,12H,8,10H2,(H,20,21). The number of nitrogens with zero attached hydrogens (tertiary/aromatic N) is 2. The number of carbonyl (C=O) groups excluding carboxylic acids is 1. The Morgan fingerprint density at radius 1 is 1.14 bits per heavy atom. The van der Waals surface area contributed by atoms with Gasteiger partial charge in [-0.15, -0.1) is 0 Å². The fraction of sp³-hybridized carbons (Fsp3) is 0.188. The average molecular weight is 282 g/mol. The Bertz CT molecular complexity index is 685. The van der Waals surface area contributed by atoms with Crippen LogP contribution >= 0.6 is 0 Å². The third-order valence-corrected chi connectivity index (χ3v) is 3.67. The Balaban J connectivity index is 2.00. The second kappa shape index (κ2) is 5.36. The van der Waals surface area contributed by atoms with E-state index in [9.17, 15) is 14.7 Å². The zero-order valence-electron chi connectivity index (χ0n) is 11.3. The van der Waals surface area contributed by atoms with E-state index in [1.54, 1.807) is 47.5 Å². The molecule has 0 aliphatic carbocycles. The summed E-state index contributed by atoms with van der Waals surface area (Å²) in [4.78, 5) is 29.6. The van der Waals surface area contributed by atoms with Gasteiger partial charge in [0, 0.05) is 18.4 Å². The van der Waals surface area contributed by atoms with Crippen LogP contribution in [0, 0.1) is 0 Å². The van der Waals surface area contributed by atoms with Gasteiger partial charge in [0.05, 0.1) is 5.92 Å². The van der Waals surface area contributed by atoms with Gasteiger partial charge in [-0.05, 0) is 30.2 Å². The molecule has 1 aliphatic rings. The Labute approximate surface area is 121 Å². The summed E-state index contributed by atoms with van der Waals surface area (Å²) in [6, 6.07) is 12.3. The summed E-state index contributed by atoms with van der Waals surface area (Å²) in [5.74, 6) is -1.62. The Hall–Kier alpha value is -2.69. The van der Waals surface area contributed by atoms with E-state index in [0.717, 1.165) is 0 Å². The minimum atomic E-state index is -0.854. The molecule has 1 N–H and O–H groups in total. The van der Waals surface area contributed by atoms with Gasteiger partial charge in [-0.2, -0.15) is 0 Å². The number of rotatable bonds is 2. The molecule has 2 heterocycles. The van der Waals surface area contributed by atoms with Crippen LogP contribution in [-0.4, -0.2) is 28.5 Å². The van der Waals surface area contributed by atoms with E-state index in [2.05, 4.69) is 4.98 Å². The Kier molecular flexibility index (Phi) is 3.39. The van der Waals surface area contributed by atoms with E-state index >= 15 is 0 Å². The second-order valence-electron chi connectivity index (χ2n) is 4.91. The van der Waals surface area contributed by atoms with Gasteiger partial charge in [-0.25, -0.2) is 0 Å². The third-order valence-electron chi connectivity index (χ3n) is 3.67. The highest BCUT2D eigenvalue weighted by atomic mass is 16.4. The molecular weight excluding hydrogens is 268 g/mol. The quantitative estimate of drug-likeness (QED) is 0.917. The summed E-state index contributed by atoms with van der Waals surface area (Å²) in [7, 11) is 0. The monoisotopic (exact) mass is 282 g/mol. The number of fused-ring (bicyclic) bond motifs is 1. The van der Waals surface area contributed by atoms with Crippen LogP contribution in [0.15, 0.2) is 48.7 Å². The van der Waals surface area contributed by atoms with E-state index < -0.39 is 11.9 Å². The molecule has 0 saturated carbocycles. The maximum absolute atomic E-state index is 12.6. The normalized spacial score (nSPS) is 17.1. The van der Waals surface area contributed by atoms with Gasteiger partial charge in [0.1, 0.15) is 5.69 Å². The first-order valence-corrected chi connectivity index (χ1v) is 6.73. The average Bonchev–Trinajstić information content (AvgIpc) is 2.54. The predicted octanol–water partition coefficient (Wildman–Crippen LogP) is 2.30. The summed E-state index contributed by atoms with van der Waals surface area (Å²) in [6.07, 6.45) is 1.98. The molecule has 1 aromatic carbocycles. The van der Waals surface area contributed by atoms with Crippen LogP contribution in [-0.2, 0) is 4.79 Å². The molecule has 21 heavy (non-hydrogen) atoms. The zero-order chi connectivity index (χ0) is 14.8. The van der Waals surface area contributed by atoms with Gasteiger partial charge in [-0.3, -0.25) is 14.6 Å². The minimum Gasteiger partial charge on any atom is -0.481 e. The summed E-state index contributed by atoms with van der Waals surface area (Å²) < 4.78 is 0. The number of aliphatic carboxylic acids is 1. The second-order valence-corrected chi connectivity index (χ2v) is 4.91. The Morgan fingerprint density at radius 3 is 2.62 bits per heavy atom. The van der Waals surface area contributed by atoms with Crippen LogP contribution < -0.4 is 4.90 Å². The number of anilines is 1. The fourth-order valence-corrected chi connectivity index (χ4v) is 2.66. The number of para-hydroxylation sites is 1. The SMILES string of the molecule is O=C(O)C1CCN(C(=O)c2ccccn2)c2ccccc21. The van der Waals surface area contributed by atoms with Crippen molar-refractivity contribution in [3.05, 3.63) is 59.9 Å². The van der Waals surface area contributed by atoms with E-state index in [1.807, 2.05) is 6.07 Å². The molecule has 1 amide bonds. The largest absolute Gasteiger partial charge is 0.481 e. The van der Waals surface area contributed by atoms with Crippen molar-refractivity contribution in [2.24, 2.45) is 0 Å². The van der Waals surface area contributed by atoms with Crippen LogP contribution in [0.25, 0.3) is 0 Å². The van der Waals surface area contributed by atoms with Gasteiger partial charge >= 0.3 is 5.97 Å². The van der Waals surface area contributed by atoms with Crippen molar-refractivity contribution in [2.45, 2.75) is 12.3 Å².